The Kier molecular flexibility index (Phi) is 4.79. The molecule has 0 aromatic carbocycles. The van der Waals surface area contributed by atoms with Crippen molar-refractivity contribution in [2.45, 2.75) is 64.7 Å². The lowest BCUT2D eigenvalue weighted by atomic mass is 9.80. The van der Waals surface area contributed by atoms with E-state index in [9.17, 15) is 4.79 Å². The second-order valence-corrected chi connectivity index (χ2v) is 7.18. The lowest BCUT2D eigenvalue weighted by Gasteiger charge is -2.33. The third-order valence-electron chi connectivity index (χ3n) is 5.25. The summed E-state index contributed by atoms with van der Waals surface area (Å²) in [4.78, 5) is 18.9. The Balaban J connectivity index is 1.47. The summed E-state index contributed by atoms with van der Waals surface area (Å²) in [6.07, 6.45) is 7.70. The molecule has 2 aliphatic rings. The summed E-state index contributed by atoms with van der Waals surface area (Å²) in [5.41, 5.74) is 0. The molecule has 0 spiro atoms. The summed E-state index contributed by atoms with van der Waals surface area (Å²) in [7, 11) is 0. The lowest BCUT2D eigenvalue weighted by Crippen LogP contribution is -2.39. The number of aromatic nitrogens is 2. The normalized spacial score (nSPS) is 27.1. The standard InChI is InChI=1S/C17H27N3O2/c1-12-4-3-5-14(10-12)11-16(21)20-8-6-15(7-9-20)17-18-13(2)19-22-17/h12,14-15H,3-11H2,1-2H3. The number of hydrogen-bond donors (Lipinski definition) is 0. The summed E-state index contributed by atoms with van der Waals surface area (Å²) in [6, 6.07) is 0. The van der Waals surface area contributed by atoms with Crippen LogP contribution in [0.3, 0.4) is 0 Å². The number of amides is 1. The molecule has 122 valence electrons. The largest absolute Gasteiger partial charge is 0.343 e. The highest BCUT2D eigenvalue weighted by atomic mass is 16.5. The van der Waals surface area contributed by atoms with Gasteiger partial charge in [0.25, 0.3) is 0 Å². The van der Waals surface area contributed by atoms with Crippen LogP contribution in [-0.2, 0) is 4.79 Å². The first-order valence-corrected chi connectivity index (χ1v) is 8.70. The fourth-order valence-corrected chi connectivity index (χ4v) is 3.98. The summed E-state index contributed by atoms with van der Waals surface area (Å²) < 4.78 is 5.27. The fourth-order valence-electron chi connectivity index (χ4n) is 3.98. The maximum atomic E-state index is 12.5. The average Bonchev–Trinajstić information content (AvgIpc) is 2.94. The molecule has 0 bridgehead atoms. The minimum atomic E-state index is 0.319. The minimum absolute atomic E-state index is 0.319. The highest BCUT2D eigenvalue weighted by molar-refractivity contribution is 5.76. The Bertz CT molecular complexity index is 506. The van der Waals surface area contributed by atoms with E-state index in [-0.39, 0.29) is 0 Å². The van der Waals surface area contributed by atoms with Crippen molar-refractivity contribution in [2.75, 3.05) is 13.1 Å². The van der Waals surface area contributed by atoms with Crippen LogP contribution in [0, 0.1) is 18.8 Å². The van der Waals surface area contributed by atoms with Gasteiger partial charge in [0, 0.05) is 25.4 Å². The summed E-state index contributed by atoms with van der Waals surface area (Å²) >= 11 is 0. The van der Waals surface area contributed by atoms with Gasteiger partial charge in [0.2, 0.25) is 11.8 Å². The maximum absolute atomic E-state index is 12.5. The van der Waals surface area contributed by atoms with E-state index in [1.807, 2.05) is 11.8 Å². The van der Waals surface area contributed by atoms with Crippen LogP contribution >= 0.6 is 0 Å². The molecule has 2 fully saturated rings. The minimum Gasteiger partial charge on any atom is -0.343 e. The molecule has 1 amide bonds. The highest BCUT2D eigenvalue weighted by Crippen LogP contribution is 2.32. The van der Waals surface area contributed by atoms with Crippen LogP contribution in [0.15, 0.2) is 4.52 Å². The first-order valence-electron chi connectivity index (χ1n) is 8.70. The Labute approximate surface area is 132 Å². The lowest BCUT2D eigenvalue weighted by molar-refractivity contribution is -0.133. The van der Waals surface area contributed by atoms with Gasteiger partial charge in [-0.15, -0.1) is 0 Å². The Morgan fingerprint density at radius 2 is 2.05 bits per heavy atom. The number of carbonyl (C=O) groups is 1. The maximum Gasteiger partial charge on any atom is 0.229 e. The van der Waals surface area contributed by atoms with E-state index in [1.165, 1.54) is 25.7 Å². The van der Waals surface area contributed by atoms with E-state index in [2.05, 4.69) is 17.1 Å². The van der Waals surface area contributed by atoms with Crippen molar-refractivity contribution in [2.24, 2.45) is 11.8 Å². The van der Waals surface area contributed by atoms with Crippen molar-refractivity contribution in [1.82, 2.24) is 15.0 Å². The predicted octanol–water partition coefficient (Wildman–Crippen LogP) is 3.30. The molecular formula is C17H27N3O2. The molecule has 2 atom stereocenters. The zero-order valence-electron chi connectivity index (χ0n) is 13.8. The molecule has 0 N–H and O–H groups in total. The van der Waals surface area contributed by atoms with Crippen LogP contribution < -0.4 is 0 Å². The second-order valence-electron chi connectivity index (χ2n) is 7.18. The van der Waals surface area contributed by atoms with Crippen LogP contribution in [0.25, 0.3) is 0 Å². The number of rotatable bonds is 3. The predicted molar refractivity (Wildman–Crippen MR) is 83.3 cm³/mol. The van der Waals surface area contributed by atoms with Gasteiger partial charge in [-0.05, 0) is 44.4 Å². The molecule has 22 heavy (non-hydrogen) atoms. The molecule has 1 aliphatic heterocycles. The van der Waals surface area contributed by atoms with Crippen molar-refractivity contribution in [1.29, 1.82) is 0 Å². The molecule has 1 aromatic rings. The molecule has 2 heterocycles. The first kappa shape index (κ1) is 15.5. The molecule has 1 aromatic heterocycles. The molecule has 1 saturated heterocycles. The molecule has 1 aliphatic carbocycles. The van der Waals surface area contributed by atoms with Crippen LogP contribution in [-0.4, -0.2) is 34.0 Å². The van der Waals surface area contributed by atoms with Crippen molar-refractivity contribution in [3.05, 3.63) is 11.7 Å². The topological polar surface area (TPSA) is 59.2 Å². The van der Waals surface area contributed by atoms with Gasteiger partial charge in [-0.25, -0.2) is 0 Å². The van der Waals surface area contributed by atoms with Crippen LogP contribution in [0.1, 0.15) is 69.5 Å². The summed E-state index contributed by atoms with van der Waals surface area (Å²) in [5.74, 6) is 3.50. The van der Waals surface area contributed by atoms with Gasteiger partial charge in [0.1, 0.15) is 0 Å². The number of piperidine rings is 1. The van der Waals surface area contributed by atoms with Crippen molar-refractivity contribution < 1.29 is 9.32 Å². The SMILES string of the molecule is Cc1noc(C2CCN(C(=O)CC3CCCC(C)C3)CC2)n1. The Morgan fingerprint density at radius 3 is 2.68 bits per heavy atom. The van der Waals surface area contributed by atoms with E-state index >= 15 is 0 Å². The quantitative estimate of drug-likeness (QED) is 0.859. The third kappa shape index (κ3) is 3.68. The molecule has 3 rings (SSSR count). The van der Waals surface area contributed by atoms with E-state index in [1.54, 1.807) is 0 Å². The van der Waals surface area contributed by atoms with E-state index < -0.39 is 0 Å². The average molecular weight is 305 g/mol. The number of hydrogen-bond acceptors (Lipinski definition) is 4. The van der Waals surface area contributed by atoms with Gasteiger partial charge in [-0.3, -0.25) is 4.79 Å². The summed E-state index contributed by atoms with van der Waals surface area (Å²) in [5, 5.41) is 3.86. The molecular weight excluding hydrogens is 278 g/mol. The highest BCUT2D eigenvalue weighted by Gasteiger charge is 2.29. The van der Waals surface area contributed by atoms with E-state index in [0.29, 0.717) is 23.6 Å². The first-order chi connectivity index (χ1) is 10.6. The number of carbonyl (C=O) groups excluding carboxylic acids is 1. The van der Waals surface area contributed by atoms with Gasteiger partial charge in [-0.2, -0.15) is 4.98 Å². The van der Waals surface area contributed by atoms with Crippen molar-refractivity contribution in [3.63, 3.8) is 0 Å². The van der Waals surface area contributed by atoms with Crippen molar-refractivity contribution >= 4 is 5.91 Å². The second kappa shape index (κ2) is 6.80. The molecule has 0 radical (unpaired) electrons. The zero-order valence-corrected chi connectivity index (χ0v) is 13.8. The van der Waals surface area contributed by atoms with E-state index in [0.717, 1.165) is 44.2 Å². The smallest absolute Gasteiger partial charge is 0.229 e. The molecule has 5 nitrogen and oxygen atoms in total. The Hall–Kier alpha value is -1.39. The van der Waals surface area contributed by atoms with Gasteiger partial charge in [0.15, 0.2) is 5.82 Å². The fraction of sp³-hybridized carbons (Fsp3) is 0.824. The van der Waals surface area contributed by atoms with Crippen LogP contribution in [0.4, 0.5) is 0 Å². The number of aryl methyl sites for hydroxylation is 1. The number of nitrogens with zero attached hydrogens (tertiary/aromatic N) is 3. The van der Waals surface area contributed by atoms with Crippen LogP contribution in [0.5, 0.6) is 0 Å². The summed E-state index contributed by atoms with van der Waals surface area (Å²) in [6.45, 7) is 5.81. The molecule has 1 saturated carbocycles. The number of likely N-dealkylation sites (tertiary alicyclic amines) is 1. The Morgan fingerprint density at radius 1 is 1.27 bits per heavy atom. The van der Waals surface area contributed by atoms with Gasteiger partial charge < -0.3 is 9.42 Å². The van der Waals surface area contributed by atoms with Gasteiger partial charge >= 0.3 is 0 Å². The van der Waals surface area contributed by atoms with Gasteiger partial charge in [-0.1, -0.05) is 24.9 Å². The molecule has 2 unspecified atom stereocenters. The van der Waals surface area contributed by atoms with Crippen molar-refractivity contribution in [3.8, 4) is 0 Å². The zero-order chi connectivity index (χ0) is 15.5. The van der Waals surface area contributed by atoms with Crippen LogP contribution in [0.2, 0.25) is 0 Å². The monoisotopic (exact) mass is 305 g/mol. The van der Waals surface area contributed by atoms with E-state index in [4.69, 9.17) is 4.52 Å². The van der Waals surface area contributed by atoms with Gasteiger partial charge in [0.05, 0.1) is 0 Å². The molecule has 5 heteroatoms. The third-order valence-corrected chi connectivity index (χ3v) is 5.25.